The van der Waals surface area contributed by atoms with Gasteiger partial charge in [0.25, 0.3) is 0 Å². The summed E-state index contributed by atoms with van der Waals surface area (Å²) >= 11 is 8.12. The van der Waals surface area contributed by atoms with Crippen LogP contribution in [-0.2, 0) is 4.74 Å². The van der Waals surface area contributed by atoms with Gasteiger partial charge in [-0.1, -0.05) is 12.6 Å². The monoisotopic (exact) mass is 330 g/mol. The van der Waals surface area contributed by atoms with Gasteiger partial charge in [-0.2, -0.15) is 0 Å². The quantitative estimate of drug-likeness (QED) is 0.434. The van der Waals surface area contributed by atoms with E-state index in [1.807, 2.05) is 6.92 Å². The first-order valence-electron chi connectivity index (χ1n) is 1.63. The predicted octanol–water partition coefficient (Wildman–Crippen LogP) is 0.857. The second-order valence-corrected chi connectivity index (χ2v) is 1.78. The molecule has 0 saturated carbocycles. The van der Waals surface area contributed by atoms with E-state index in [1.165, 1.54) is 0 Å². The Kier molecular flexibility index (Phi) is 11.3. The van der Waals surface area contributed by atoms with Crippen LogP contribution in [0.2, 0.25) is 0 Å². The van der Waals surface area contributed by atoms with Gasteiger partial charge in [-0.25, -0.2) is 0 Å². The normalized spacial score (nSPS) is 6.57. The maximum absolute atomic E-state index is 4.64. The van der Waals surface area contributed by atoms with Crippen molar-refractivity contribution in [1.82, 2.24) is 0 Å². The summed E-state index contributed by atoms with van der Waals surface area (Å²) in [6, 6.07) is 0. The van der Waals surface area contributed by atoms with E-state index in [-0.39, 0.29) is 27.3 Å². The van der Waals surface area contributed by atoms with E-state index < -0.39 is 0 Å². The summed E-state index contributed by atoms with van der Waals surface area (Å²) in [6.07, 6.45) is 0. The summed E-state index contributed by atoms with van der Waals surface area (Å²) in [5.41, 5.74) is 0. The Hall–Kier alpha value is 1.16. The predicted molar refractivity (Wildman–Crippen MR) is 39.0 cm³/mol. The fourth-order valence-electron chi connectivity index (χ4n) is 0.123. The first-order valence-corrected chi connectivity index (χ1v) is 2.48. The van der Waals surface area contributed by atoms with Crippen molar-refractivity contribution < 1.29 is 4.74 Å². The van der Waals surface area contributed by atoms with Crippen molar-refractivity contribution in [2.45, 2.75) is 6.92 Å². The van der Waals surface area contributed by atoms with E-state index in [0.717, 1.165) is 0 Å². The van der Waals surface area contributed by atoms with Crippen molar-refractivity contribution in [1.29, 1.82) is 0 Å². The number of hydrogen-bond acceptors (Lipinski definition) is 2. The molecule has 0 N–H and O–H groups in total. The molecule has 0 saturated heterocycles. The first kappa shape index (κ1) is 11.0. The minimum absolute atomic E-state index is 0. The van der Waals surface area contributed by atoms with Crippen LogP contribution in [-0.4, -0.2) is 38.3 Å². The maximum Gasteiger partial charge on any atom is 0.216 e. The second-order valence-electron chi connectivity index (χ2n) is 0.699. The zero-order chi connectivity index (χ0) is 4.99. The molecule has 7 heavy (non-hydrogen) atoms. The van der Waals surface area contributed by atoms with Crippen LogP contribution in [0.25, 0.3) is 0 Å². The minimum atomic E-state index is 0. The van der Waals surface area contributed by atoms with Crippen LogP contribution >= 0.6 is 24.8 Å². The van der Waals surface area contributed by atoms with Gasteiger partial charge in [-0.3, -0.25) is 0 Å². The Morgan fingerprint density at radius 3 is 2.29 bits per heavy atom. The average Bonchev–Trinajstić information content (AvgIpc) is 1.35. The van der Waals surface area contributed by atoms with Gasteiger partial charge in [0.1, 0.15) is 0 Å². The van der Waals surface area contributed by atoms with E-state index in [2.05, 4.69) is 29.6 Å². The van der Waals surface area contributed by atoms with Crippen molar-refractivity contribution in [3.63, 3.8) is 0 Å². The van der Waals surface area contributed by atoms with Crippen LogP contribution in [0.5, 0.6) is 0 Å². The summed E-state index contributed by atoms with van der Waals surface area (Å²) in [5, 5.41) is 0. The molecule has 40 valence electrons. The van der Waals surface area contributed by atoms with Crippen molar-refractivity contribution in [3.8, 4) is 0 Å². The molecular weight excluding hydrogens is 323 g/mol. The molecule has 1 nitrogen and oxygen atoms in total. The van der Waals surface area contributed by atoms with Crippen molar-refractivity contribution in [2.75, 3.05) is 6.61 Å². The van der Waals surface area contributed by atoms with Crippen LogP contribution < -0.4 is 0 Å². The Balaban J connectivity index is 0. The standard InChI is InChI=1S/C3H6OS2.Pb/c1-2-4-3(5)6;/h2H2,1H3,(H,5,6);. The van der Waals surface area contributed by atoms with E-state index >= 15 is 0 Å². The van der Waals surface area contributed by atoms with E-state index in [9.17, 15) is 0 Å². The Morgan fingerprint density at radius 2 is 2.29 bits per heavy atom. The maximum atomic E-state index is 4.64. The molecule has 0 amide bonds. The van der Waals surface area contributed by atoms with Gasteiger partial charge in [0.2, 0.25) is 4.38 Å². The molecule has 0 rings (SSSR count). The van der Waals surface area contributed by atoms with Crippen molar-refractivity contribution in [2.24, 2.45) is 0 Å². The zero-order valence-corrected chi connectivity index (χ0v) is 9.57. The Labute approximate surface area is 74.4 Å². The second kappa shape index (κ2) is 7.16. The number of thiocarbonyl (C=S) groups is 1. The van der Waals surface area contributed by atoms with Gasteiger partial charge in [-0.15, -0.1) is 0 Å². The molecule has 0 bridgehead atoms. The number of thiol groups is 1. The Morgan fingerprint density at radius 1 is 1.86 bits per heavy atom. The number of hydrogen-bond donors (Lipinski definition) is 1. The largest absolute Gasteiger partial charge is 0.479 e. The summed E-state index contributed by atoms with van der Waals surface area (Å²) in [4.78, 5) is 0. The minimum Gasteiger partial charge on any atom is -0.479 e. The first-order chi connectivity index (χ1) is 2.77. The summed E-state index contributed by atoms with van der Waals surface area (Å²) < 4.78 is 4.95. The molecule has 0 spiro atoms. The summed E-state index contributed by atoms with van der Waals surface area (Å²) in [5.74, 6) is 0. The van der Waals surface area contributed by atoms with Gasteiger partial charge in [0, 0.05) is 27.3 Å². The summed E-state index contributed by atoms with van der Waals surface area (Å²) in [6.45, 7) is 2.48. The summed E-state index contributed by atoms with van der Waals surface area (Å²) in [7, 11) is 0. The van der Waals surface area contributed by atoms with Crippen LogP contribution in [0.15, 0.2) is 0 Å². The third-order valence-corrected chi connectivity index (χ3v) is 0.515. The van der Waals surface area contributed by atoms with E-state index in [0.29, 0.717) is 11.0 Å². The van der Waals surface area contributed by atoms with Gasteiger partial charge < -0.3 is 4.74 Å². The van der Waals surface area contributed by atoms with Crippen molar-refractivity contribution in [3.05, 3.63) is 0 Å². The van der Waals surface area contributed by atoms with Crippen LogP contribution in [0, 0.1) is 0 Å². The third-order valence-electron chi connectivity index (χ3n) is 0.268. The van der Waals surface area contributed by atoms with Crippen LogP contribution in [0.3, 0.4) is 0 Å². The fourth-order valence-corrected chi connectivity index (χ4v) is 0.370. The molecule has 0 aliphatic carbocycles. The molecular formula is C3H6OPbS2. The zero-order valence-electron chi connectivity index (χ0n) is 3.97. The van der Waals surface area contributed by atoms with E-state index in [4.69, 9.17) is 0 Å². The molecule has 0 fully saturated rings. The molecule has 4 heteroatoms. The SMILES string of the molecule is CCOC(=S)S.[Pb]. The van der Waals surface area contributed by atoms with Crippen molar-refractivity contribution >= 4 is 56.5 Å². The fraction of sp³-hybridized carbons (Fsp3) is 0.667. The topological polar surface area (TPSA) is 9.23 Å². The molecule has 4 radical (unpaired) electrons. The molecule has 0 aromatic carbocycles. The van der Waals surface area contributed by atoms with Crippen LogP contribution in [0.4, 0.5) is 0 Å². The number of ether oxygens (including phenoxy) is 1. The third kappa shape index (κ3) is 11.0. The van der Waals surface area contributed by atoms with E-state index in [1.54, 1.807) is 0 Å². The van der Waals surface area contributed by atoms with Gasteiger partial charge in [0.15, 0.2) is 0 Å². The van der Waals surface area contributed by atoms with Gasteiger partial charge in [0.05, 0.1) is 6.61 Å². The Bertz CT molecular complexity index is 56.9. The molecule has 0 heterocycles. The molecule has 0 aromatic heterocycles. The van der Waals surface area contributed by atoms with Gasteiger partial charge >= 0.3 is 0 Å². The van der Waals surface area contributed by atoms with Crippen LogP contribution in [0.1, 0.15) is 6.92 Å². The molecule has 0 aromatic rings. The number of rotatable bonds is 1. The van der Waals surface area contributed by atoms with Gasteiger partial charge in [-0.05, 0) is 19.1 Å². The molecule has 0 aliphatic heterocycles. The molecule has 0 aliphatic rings. The molecule has 0 atom stereocenters. The molecule has 0 unspecified atom stereocenters. The average molecular weight is 329 g/mol. The smallest absolute Gasteiger partial charge is 0.216 e.